The van der Waals surface area contributed by atoms with E-state index < -0.39 is 0 Å². The quantitative estimate of drug-likeness (QED) is 0.622. The molecule has 3 rings (SSSR count). The number of benzene rings is 1. The summed E-state index contributed by atoms with van der Waals surface area (Å²) in [6.45, 7) is 6.32. The van der Waals surface area contributed by atoms with Crippen LogP contribution in [0.4, 0.5) is 0 Å². The van der Waals surface area contributed by atoms with Crippen LogP contribution >= 0.6 is 0 Å². The van der Waals surface area contributed by atoms with Gasteiger partial charge in [-0.05, 0) is 81.0 Å². The van der Waals surface area contributed by atoms with E-state index in [4.69, 9.17) is 11.5 Å². The highest BCUT2D eigenvalue weighted by molar-refractivity contribution is 5.74. The molecule has 0 aromatic heterocycles. The molecule has 5 nitrogen and oxygen atoms in total. The van der Waals surface area contributed by atoms with E-state index in [2.05, 4.69) is 30.3 Å². The smallest absolute Gasteiger partial charge is 0.128 e. The van der Waals surface area contributed by atoms with E-state index in [1.165, 1.54) is 12.0 Å². The maximum atomic E-state index is 10.6. The van der Waals surface area contributed by atoms with Gasteiger partial charge in [0.25, 0.3) is 0 Å². The maximum Gasteiger partial charge on any atom is 0.128 e. The molecule has 1 aliphatic carbocycles. The van der Waals surface area contributed by atoms with Gasteiger partial charge in [-0.3, -0.25) is 0 Å². The molecule has 0 amide bonds. The average molecular weight is 357 g/mol. The summed E-state index contributed by atoms with van der Waals surface area (Å²) in [5.74, 6) is 1.54. The fourth-order valence-electron chi connectivity index (χ4n) is 4.06. The number of nitrogens with one attached hydrogen (secondary N) is 1. The van der Waals surface area contributed by atoms with Crippen molar-refractivity contribution in [1.82, 2.24) is 10.2 Å². The van der Waals surface area contributed by atoms with E-state index in [1.54, 1.807) is 0 Å². The minimum absolute atomic E-state index is 0.333. The predicted molar refractivity (Wildman–Crippen MR) is 107 cm³/mol. The Hall–Kier alpha value is -2.14. The van der Waals surface area contributed by atoms with Crippen LogP contribution in [0.2, 0.25) is 0 Å². The molecule has 142 valence electrons. The van der Waals surface area contributed by atoms with Crippen molar-refractivity contribution in [2.45, 2.75) is 45.6 Å². The van der Waals surface area contributed by atoms with Gasteiger partial charge in [0.1, 0.15) is 5.75 Å². The predicted octanol–water partition coefficient (Wildman–Crippen LogP) is 2.30. The van der Waals surface area contributed by atoms with Gasteiger partial charge in [-0.1, -0.05) is 13.0 Å². The lowest BCUT2D eigenvalue weighted by molar-refractivity contribution is 0.183. The molecule has 0 spiro atoms. The second-order valence-electron chi connectivity index (χ2n) is 7.93. The second-order valence-corrected chi connectivity index (χ2v) is 7.93. The first-order chi connectivity index (χ1) is 12.4. The first-order valence-corrected chi connectivity index (χ1v) is 9.59. The third kappa shape index (κ3) is 3.83. The van der Waals surface area contributed by atoms with Crippen molar-refractivity contribution < 1.29 is 5.11 Å². The first-order valence-electron chi connectivity index (χ1n) is 9.59. The number of nitrogens with two attached hydrogens (primary N) is 2. The normalized spacial score (nSPS) is 25.0. The zero-order valence-electron chi connectivity index (χ0n) is 16.2. The molecule has 1 aromatic rings. The Bertz CT molecular complexity index is 738. The van der Waals surface area contributed by atoms with Crippen molar-refractivity contribution in [3.05, 3.63) is 46.3 Å². The van der Waals surface area contributed by atoms with Crippen molar-refractivity contribution in [3.8, 4) is 5.75 Å². The molecule has 0 saturated carbocycles. The second kappa shape index (κ2) is 7.62. The number of nitrogens with zero attached hydrogens (tertiary/aromatic N) is 1. The van der Waals surface area contributed by atoms with Gasteiger partial charge in [0.15, 0.2) is 0 Å². The van der Waals surface area contributed by atoms with Crippen LogP contribution in [0, 0.1) is 5.92 Å². The van der Waals surface area contributed by atoms with E-state index in [9.17, 15) is 5.11 Å². The lowest BCUT2D eigenvalue weighted by Crippen LogP contribution is -2.49. The largest absolute Gasteiger partial charge is 0.507 e. The van der Waals surface area contributed by atoms with Crippen LogP contribution in [0.15, 0.2) is 29.6 Å². The number of allylic oxidation sites excluding steroid dienone is 2. The molecule has 6 N–H and O–H groups in total. The highest BCUT2D eigenvalue weighted by atomic mass is 16.3. The van der Waals surface area contributed by atoms with Crippen LogP contribution in [0.25, 0.3) is 5.70 Å². The monoisotopic (exact) mass is 356 g/mol. The Morgan fingerprint density at radius 1 is 1.31 bits per heavy atom. The van der Waals surface area contributed by atoms with Gasteiger partial charge >= 0.3 is 0 Å². The molecule has 26 heavy (non-hydrogen) atoms. The lowest BCUT2D eigenvalue weighted by Gasteiger charge is -2.36. The number of hydrogen-bond donors (Lipinski definition) is 4. The van der Waals surface area contributed by atoms with E-state index in [1.807, 2.05) is 19.1 Å². The topological polar surface area (TPSA) is 87.5 Å². The van der Waals surface area contributed by atoms with Crippen molar-refractivity contribution >= 4 is 5.70 Å². The number of rotatable bonds is 4. The van der Waals surface area contributed by atoms with Crippen LogP contribution in [-0.2, 0) is 12.8 Å². The van der Waals surface area contributed by atoms with Gasteiger partial charge in [0.05, 0.1) is 5.82 Å². The van der Waals surface area contributed by atoms with Crippen molar-refractivity contribution in [1.29, 1.82) is 0 Å². The maximum absolute atomic E-state index is 10.6. The van der Waals surface area contributed by atoms with Gasteiger partial charge in [0.2, 0.25) is 0 Å². The van der Waals surface area contributed by atoms with Crippen LogP contribution in [-0.4, -0.2) is 36.2 Å². The summed E-state index contributed by atoms with van der Waals surface area (Å²) in [4.78, 5) is 2.32. The lowest BCUT2D eigenvalue weighted by atomic mass is 9.94. The molecular formula is C21H32N4O. The molecule has 2 atom stereocenters. The highest BCUT2D eigenvalue weighted by Gasteiger charge is 2.24. The van der Waals surface area contributed by atoms with E-state index in [-0.39, 0.29) is 0 Å². The number of aromatic hydroxyl groups is 1. The molecule has 0 radical (unpaired) electrons. The Morgan fingerprint density at radius 2 is 2.08 bits per heavy atom. The number of likely N-dealkylation sites (N-methyl/N-ethyl adjacent to an activating group) is 1. The fraction of sp³-hybridized carbons (Fsp3) is 0.524. The summed E-state index contributed by atoms with van der Waals surface area (Å²) < 4.78 is 0. The molecular weight excluding hydrogens is 324 g/mol. The average Bonchev–Trinajstić information content (AvgIpc) is 3.07. The summed E-state index contributed by atoms with van der Waals surface area (Å²) in [6.07, 6.45) is 6.11. The SMILES string of the molecule is CC(/C=C(\N)NC1CN(C)CC[C@@H]1C)=C(/N)c1ccc2c(c1O)CCC2. The Balaban J connectivity index is 1.78. The van der Waals surface area contributed by atoms with Gasteiger partial charge in [-0.25, -0.2) is 0 Å². The van der Waals surface area contributed by atoms with E-state index >= 15 is 0 Å². The first kappa shape index (κ1) is 18.6. The Kier molecular flexibility index (Phi) is 5.47. The number of fused-ring (bicyclic) bond motifs is 1. The van der Waals surface area contributed by atoms with Gasteiger partial charge in [-0.2, -0.15) is 0 Å². The van der Waals surface area contributed by atoms with Crippen molar-refractivity contribution in [3.63, 3.8) is 0 Å². The van der Waals surface area contributed by atoms with Crippen LogP contribution < -0.4 is 16.8 Å². The number of phenolic OH excluding ortho intramolecular Hbond substituents is 1. The Morgan fingerprint density at radius 3 is 2.85 bits per heavy atom. The molecule has 1 heterocycles. The van der Waals surface area contributed by atoms with Gasteiger partial charge in [0, 0.05) is 23.8 Å². The number of hydrogen-bond acceptors (Lipinski definition) is 5. The minimum atomic E-state index is 0.333. The number of aryl methyl sites for hydroxylation is 1. The van der Waals surface area contributed by atoms with Crippen LogP contribution in [0.5, 0.6) is 5.75 Å². The van der Waals surface area contributed by atoms with E-state index in [0.717, 1.165) is 43.5 Å². The zero-order valence-corrected chi connectivity index (χ0v) is 16.2. The molecule has 2 aliphatic rings. The Labute approximate surface area is 156 Å². The number of piperidine rings is 1. The van der Waals surface area contributed by atoms with E-state index in [0.29, 0.717) is 34.8 Å². The van der Waals surface area contributed by atoms with Crippen LogP contribution in [0.3, 0.4) is 0 Å². The molecule has 1 aliphatic heterocycles. The molecule has 0 bridgehead atoms. The van der Waals surface area contributed by atoms with Crippen LogP contribution in [0.1, 0.15) is 43.4 Å². The third-order valence-electron chi connectivity index (χ3n) is 5.85. The zero-order chi connectivity index (χ0) is 18.8. The minimum Gasteiger partial charge on any atom is -0.507 e. The summed E-state index contributed by atoms with van der Waals surface area (Å²) in [5.41, 5.74) is 17.0. The molecule has 1 fully saturated rings. The molecule has 1 saturated heterocycles. The molecule has 1 aromatic carbocycles. The highest BCUT2D eigenvalue weighted by Crippen LogP contribution is 2.35. The summed E-state index contributed by atoms with van der Waals surface area (Å²) in [7, 11) is 2.14. The molecule has 1 unspecified atom stereocenters. The summed E-state index contributed by atoms with van der Waals surface area (Å²) in [5, 5.41) is 14.0. The standard InChI is InChI=1S/C21H32N4O/c1-13-9-10-25(3)12-18(13)24-19(22)11-14(2)20(23)17-8-7-15-5-4-6-16(15)21(17)26/h7-8,11,13,18,24,26H,4-6,9-10,12,22-23H2,1-3H3/b19-11+,20-14-/t13-,18?/m0/s1. The number of likely N-dealkylation sites (tertiary alicyclic amines) is 1. The van der Waals surface area contributed by atoms with Gasteiger partial charge in [-0.15, -0.1) is 0 Å². The number of phenols is 1. The van der Waals surface area contributed by atoms with Crippen molar-refractivity contribution in [2.75, 3.05) is 20.1 Å². The summed E-state index contributed by atoms with van der Waals surface area (Å²) in [6, 6.07) is 4.35. The third-order valence-corrected chi connectivity index (χ3v) is 5.85. The fourth-order valence-corrected chi connectivity index (χ4v) is 4.06. The van der Waals surface area contributed by atoms with Crippen molar-refractivity contribution in [2.24, 2.45) is 17.4 Å². The summed E-state index contributed by atoms with van der Waals surface area (Å²) >= 11 is 0. The molecule has 5 heteroatoms. The van der Waals surface area contributed by atoms with Gasteiger partial charge < -0.3 is 26.8 Å².